The standard InChI is InChI=1S/C46H47NO6/c1-34-12-22-40(23-13-34)47(41-24-14-35(2)15-25-41)42-26-16-37(17-27-42)10-9-11-45(38-18-28-43(50-4)29-19-38)39-20-30-44(31-21-39)53-46(49)52-33-8-6-5-7-32-51-36(3)48/h9-31H,5-8,32-33H2,1-4H3. The van der Waals surface area contributed by atoms with Crippen molar-refractivity contribution in [2.45, 2.75) is 46.5 Å². The third kappa shape index (κ3) is 11.7. The molecule has 7 heteroatoms. The van der Waals surface area contributed by atoms with Crippen molar-refractivity contribution >= 4 is 40.8 Å². The monoisotopic (exact) mass is 709 g/mol. The van der Waals surface area contributed by atoms with E-state index in [0.29, 0.717) is 18.8 Å². The molecule has 5 rings (SSSR count). The Labute approximate surface area is 313 Å². The molecule has 0 aliphatic heterocycles. The van der Waals surface area contributed by atoms with Crippen molar-refractivity contribution in [3.63, 3.8) is 0 Å². The summed E-state index contributed by atoms with van der Waals surface area (Å²) >= 11 is 0. The zero-order valence-corrected chi connectivity index (χ0v) is 30.9. The molecule has 7 nitrogen and oxygen atoms in total. The van der Waals surface area contributed by atoms with Gasteiger partial charge in [-0.15, -0.1) is 0 Å². The van der Waals surface area contributed by atoms with Crippen molar-refractivity contribution < 1.29 is 28.5 Å². The minimum Gasteiger partial charge on any atom is -0.497 e. The lowest BCUT2D eigenvalue weighted by molar-refractivity contribution is -0.141. The van der Waals surface area contributed by atoms with Crippen LogP contribution in [0.4, 0.5) is 21.9 Å². The van der Waals surface area contributed by atoms with Crippen molar-refractivity contribution in [1.82, 2.24) is 0 Å². The summed E-state index contributed by atoms with van der Waals surface area (Å²) in [5.74, 6) is 0.903. The van der Waals surface area contributed by atoms with E-state index in [-0.39, 0.29) is 12.6 Å². The van der Waals surface area contributed by atoms with Gasteiger partial charge in [-0.1, -0.05) is 90.0 Å². The molecule has 0 aliphatic rings. The highest BCUT2D eigenvalue weighted by atomic mass is 16.7. The number of hydrogen-bond acceptors (Lipinski definition) is 7. The van der Waals surface area contributed by atoms with Crippen LogP contribution in [0.3, 0.4) is 0 Å². The van der Waals surface area contributed by atoms with Crippen LogP contribution in [-0.4, -0.2) is 32.4 Å². The lowest BCUT2D eigenvalue weighted by atomic mass is 9.97. The minimum absolute atomic E-state index is 0.266. The third-order valence-electron chi connectivity index (χ3n) is 8.62. The Kier molecular flexibility index (Phi) is 14.0. The first-order chi connectivity index (χ1) is 25.8. The zero-order chi connectivity index (χ0) is 37.4. The summed E-state index contributed by atoms with van der Waals surface area (Å²) in [5, 5.41) is 0. The summed E-state index contributed by atoms with van der Waals surface area (Å²) in [7, 11) is 1.65. The van der Waals surface area contributed by atoms with Crippen LogP contribution in [0.15, 0.2) is 133 Å². The quantitative estimate of drug-likeness (QED) is 0.0437. The number of anilines is 3. The Bertz CT molecular complexity index is 1920. The highest BCUT2D eigenvalue weighted by Gasteiger charge is 2.13. The first-order valence-electron chi connectivity index (χ1n) is 17.9. The number of allylic oxidation sites excluding steroid dienone is 2. The topological polar surface area (TPSA) is 74.3 Å². The summed E-state index contributed by atoms with van der Waals surface area (Å²) < 4.78 is 21.0. The van der Waals surface area contributed by atoms with Crippen LogP contribution in [0.2, 0.25) is 0 Å². The molecular weight excluding hydrogens is 663 g/mol. The van der Waals surface area contributed by atoms with Crippen molar-refractivity contribution in [2.75, 3.05) is 25.2 Å². The average molecular weight is 710 g/mol. The van der Waals surface area contributed by atoms with E-state index in [2.05, 4.69) is 104 Å². The van der Waals surface area contributed by atoms with E-state index in [1.165, 1.54) is 18.1 Å². The summed E-state index contributed by atoms with van der Waals surface area (Å²) in [6.45, 7) is 6.28. The number of ether oxygens (including phenoxy) is 4. The van der Waals surface area contributed by atoms with Crippen molar-refractivity contribution in [3.8, 4) is 11.5 Å². The predicted octanol–water partition coefficient (Wildman–Crippen LogP) is 11.6. The van der Waals surface area contributed by atoms with Gasteiger partial charge >= 0.3 is 12.1 Å². The van der Waals surface area contributed by atoms with Gasteiger partial charge in [0.15, 0.2) is 0 Å². The van der Waals surface area contributed by atoms with Gasteiger partial charge in [-0.25, -0.2) is 4.79 Å². The van der Waals surface area contributed by atoms with Crippen LogP contribution in [0.1, 0.15) is 60.4 Å². The highest BCUT2D eigenvalue weighted by molar-refractivity contribution is 5.82. The fourth-order valence-electron chi connectivity index (χ4n) is 5.71. The van der Waals surface area contributed by atoms with Crippen LogP contribution >= 0.6 is 0 Å². The van der Waals surface area contributed by atoms with Gasteiger partial charge in [0, 0.05) is 24.0 Å². The Morgan fingerprint density at radius 1 is 0.585 bits per heavy atom. The predicted molar refractivity (Wildman–Crippen MR) is 213 cm³/mol. The maximum Gasteiger partial charge on any atom is 0.513 e. The number of unbranched alkanes of at least 4 members (excludes halogenated alkanes) is 3. The first kappa shape index (κ1) is 38.2. The second-order valence-corrected chi connectivity index (χ2v) is 12.7. The molecule has 0 amide bonds. The highest BCUT2D eigenvalue weighted by Crippen LogP contribution is 2.35. The average Bonchev–Trinajstić information content (AvgIpc) is 3.17. The Hall–Kier alpha value is -6.08. The van der Waals surface area contributed by atoms with Gasteiger partial charge in [-0.2, -0.15) is 0 Å². The SMILES string of the molecule is COc1ccc(C(=CC=Cc2ccc(N(c3ccc(C)cc3)c3ccc(C)cc3)cc2)c2ccc(OC(=O)OCCCCCCOC(C)=O)cc2)cc1. The van der Waals surface area contributed by atoms with Crippen LogP contribution < -0.4 is 14.4 Å². The molecule has 5 aromatic carbocycles. The zero-order valence-electron chi connectivity index (χ0n) is 30.9. The van der Waals surface area contributed by atoms with Crippen molar-refractivity contribution in [1.29, 1.82) is 0 Å². The van der Waals surface area contributed by atoms with Crippen LogP contribution in [0.25, 0.3) is 11.6 Å². The third-order valence-corrected chi connectivity index (χ3v) is 8.62. The van der Waals surface area contributed by atoms with E-state index in [9.17, 15) is 9.59 Å². The van der Waals surface area contributed by atoms with Gasteiger partial charge < -0.3 is 23.8 Å². The Balaban J connectivity index is 1.27. The molecule has 0 N–H and O–H groups in total. The summed E-state index contributed by atoms with van der Waals surface area (Å²) in [6, 6.07) is 41.0. The van der Waals surface area contributed by atoms with Crippen molar-refractivity contribution in [2.24, 2.45) is 0 Å². The number of aryl methyl sites for hydroxylation is 2. The molecule has 0 unspecified atom stereocenters. The molecule has 0 aliphatic carbocycles. The molecule has 5 aromatic rings. The van der Waals surface area contributed by atoms with Gasteiger partial charge in [0.2, 0.25) is 0 Å². The molecule has 0 radical (unpaired) electrons. The minimum atomic E-state index is -0.738. The van der Waals surface area contributed by atoms with E-state index in [1.807, 2.05) is 42.5 Å². The number of hydrogen-bond donors (Lipinski definition) is 0. The molecule has 0 fully saturated rings. The van der Waals surface area contributed by atoms with Gasteiger partial charge in [0.05, 0.1) is 20.3 Å². The summed E-state index contributed by atoms with van der Waals surface area (Å²) in [4.78, 5) is 25.4. The fraction of sp³-hybridized carbons (Fsp3) is 0.217. The number of carbonyl (C=O) groups excluding carboxylic acids is 2. The van der Waals surface area contributed by atoms with Crippen LogP contribution in [0, 0.1) is 13.8 Å². The number of methoxy groups -OCH3 is 1. The molecule has 0 atom stereocenters. The Morgan fingerprint density at radius 2 is 1.06 bits per heavy atom. The number of nitrogens with zero attached hydrogens (tertiary/aromatic N) is 1. The van der Waals surface area contributed by atoms with Crippen LogP contribution in [0.5, 0.6) is 11.5 Å². The molecule has 53 heavy (non-hydrogen) atoms. The lowest BCUT2D eigenvalue weighted by Crippen LogP contribution is -2.11. The van der Waals surface area contributed by atoms with E-state index >= 15 is 0 Å². The second kappa shape index (κ2) is 19.5. The maximum atomic E-state index is 12.3. The molecule has 272 valence electrons. The molecule has 0 saturated carbocycles. The smallest absolute Gasteiger partial charge is 0.497 e. The van der Waals surface area contributed by atoms with Crippen LogP contribution in [-0.2, 0) is 14.3 Å². The van der Waals surface area contributed by atoms with Crippen molar-refractivity contribution in [3.05, 3.63) is 161 Å². The number of carbonyl (C=O) groups is 2. The number of rotatable bonds is 16. The van der Waals surface area contributed by atoms with Gasteiger partial charge in [-0.05, 0) is 122 Å². The van der Waals surface area contributed by atoms with E-state index in [0.717, 1.165) is 64.3 Å². The summed E-state index contributed by atoms with van der Waals surface area (Å²) in [6.07, 6.45) is 8.73. The second-order valence-electron chi connectivity index (χ2n) is 12.7. The van der Waals surface area contributed by atoms with Gasteiger partial charge in [-0.3, -0.25) is 4.79 Å². The molecule has 0 bridgehead atoms. The lowest BCUT2D eigenvalue weighted by Gasteiger charge is -2.25. The van der Waals surface area contributed by atoms with E-state index in [1.54, 1.807) is 19.2 Å². The number of esters is 1. The van der Waals surface area contributed by atoms with E-state index < -0.39 is 6.16 Å². The maximum absolute atomic E-state index is 12.3. The first-order valence-corrected chi connectivity index (χ1v) is 17.9. The largest absolute Gasteiger partial charge is 0.513 e. The molecule has 0 aromatic heterocycles. The molecule has 0 spiro atoms. The van der Waals surface area contributed by atoms with E-state index in [4.69, 9.17) is 18.9 Å². The molecule has 0 heterocycles. The van der Waals surface area contributed by atoms with Gasteiger partial charge in [0.1, 0.15) is 11.5 Å². The van der Waals surface area contributed by atoms with Gasteiger partial charge in [0.25, 0.3) is 0 Å². The Morgan fingerprint density at radius 3 is 1.55 bits per heavy atom. The molecular formula is C46H47NO6. The normalized spacial score (nSPS) is 11.3. The fourth-order valence-corrected chi connectivity index (χ4v) is 5.71. The summed E-state index contributed by atoms with van der Waals surface area (Å²) in [5.41, 5.74) is 9.74. The number of benzene rings is 5. The molecule has 0 saturated heterocycles.